The van der Waals surface area contributed by atoms with Crippen molar-refractivity contribution in [2.75, 3.05) is 6.61 Å². The highest BCUT2D eigenvalue weighted by Gasteiger charge is 2.53. The van der Waals surface area contributed by atoms with E-state index >= 15 is 0 Å². The molecule has 0 aliphatic carbocycles. The number of aliphatic hydroxyl groups excluding tert-OH is 2. The molecule has 1 rings (SSSR count). The van der Waals surface area contributed by atoms with Crippen LogP contribution in [0.15, 0.2) is 0 Å². The monoisotopic (exact) mass is 170 g/mol. The minimum Gasteiger partial charge on any atom is -0.394 e. The maximum atomic E-state index is 13.4. The van der Waals surface area contributed by atoms with E-state index in [1.807, 2.05) is 0 Å². The lowest BCUT2D eigenvalue weighted by Crippen LogP contribution is -2.43. The standard InChI is InChI=1S/C7H8BFO3/c1-2-7(9)5(11)4(3-10)12-6(7)8/h1,4-6,10-11H,3H2/t4-,5+,6-,7?/m1/s1. The Morgan fingerprint density at radius 2 is 2.33 bits per heavy atom. The van der Waals surface area contributed by atoms with Gasteiger partial charge in [-0.3, -0.25) is 0 Å². The SMILES string of the molecule is [B][C@@H]1O[C@H](CO)[C@H](O)C1(F)C#C. The van der Waals surface area contributed by atoms with E-state index in [4.69, 9.17) is 19.4 Å². The second-order valence-electron chi connectivity index (χ2n) is 2.63. The Morgan fingerprint density at radius 3 is 2.58 bits per heavy atom. The van der Waals surface area contributed by atoms with E-state index in [9.17, 15) is 9.50 Å². The molecule has 0 amide bonds. The van der Waals surface area contributed by atoms with Crippen molar-refractivity contribution in [1.82, 2.24) is 0 Å². The average Bonchev–Trinajstić information content (AvgIpc) is 2.30. The molecular weight excluding hydrogens is 162 g/mol. The summed E-state index contributed by atoms with van der Waals surface area (Å²) >= 11 is 0. The van der Waals surface area contributed by atoms with Crippen molar-refractivity contribution in [3.05, 3.63) is 0 Å². The summed E-state index contributed by atoms with van der Waals surface area (Å²) in [6, 6.07) is -1.38. The summed E-state index contributed by atoms with van der Waals surface area (Å²) in [7, 11) is 5.17. The van der Waals surface area contributed by atoms with Gasteiger partial charge in [0.05, 0.1) is 12.6 Å². The van der Waals surface area contributed by atoms with Crippen LogP contribution >= 0.6 is 0 Å². The molecule has 4 atom stereocenters. The molecule has 0 aromatic rings. The molecule has 0 aromatic carbocycles. The van der Waals surface area contributed by atoms with E-state index in [2.05, 4.69) is 4.74 Å². The van der Waals surface area contributed by atoms with Crippen molar-refractivity contribution < 1.29 is 19.3 Å². The second kappa shape index (κ2) is 3.06. The number of aliphatic hydroxyl groups is 2. The molecule has 12 heavy (non-hydrogen) atoms. The fourth-order valence-electron chi connectivity index (χ4n) is 1.11. The summed E-state index contributed by atoms with van der Waals surface area (Å²) in [5.74, 6) is 1.73. The molecule has 1 aliphatic rings. The van der Waals surface area contributed by atoms with Crippen LogP contribution < -0.4 is 0 Å². The highest BCUT2D eigenvalue weighted by atomic mass is 19.1. The molecule has 2 radical (unpaired) electrons. The van der Waals surface area contributed by atoms with E-state index in [1.54, 1.807) is 5.92 Å². The molecule has 2 N–H and O–H groups in total. The molecule has 64 valence electrons. The van der Waals surface area contributed by atoms with Gasteiger partial charge in [-0.2, -0.15) is 0 Å². The van der Waals surface area contributed by atoms with E-state index in [0.29, 0.717) is 0 Å². The normalized spacial score (nSPS) is 47.3. The zero-order chi connectivity index (χ0) is 9.35. The van der Waals surface area contributed by atoms with E-state index in [-0.39, 0.29) is 0 Å². The molecule has 0 bridgehead atoms. The number of terminal acetylenes is 1. The van der Waals surface area contributed by atoms with Crippen LogP contribution in [0.1, 0.15) is 0 Å². The van der Waals surface area contributed by atoms with Crippen molar-refractivity contribution in [3.63, 3.8) is 0 Å². The first-order valence-electron chi connectivity index (χ1n) is 3.43. The van der Waals surface area contributed by atoms with Crippen LogP contribution in [-0.4, -0.2) is 48.5 Å². The number of hydrogen-bond donors (Lipinski definition) is 2. The van der Waals surface area contributed by atoms with Crippen molar-refractivity contribution in [3.8, 4) is 12.3 Å². The summed E-state index contributed by atoms with van der Waals surface area (Å²) < 4.78 is 18.1. The Balaban J connectivity index is 2.85. The van der Waals surface area contributed by atoms with Gasteiger partial charge in [0.15, 0.2) is 0 Å². The average molecular weight is 170 g/mol. The first-order valence-corrected chi connectivity index (χ1v) is 3.43. The lowest BCUT2D eigenvalue weighted by molar-refractivity contribution is -0.00797. The fraction of sp³-hybridized carbons (Fsp3) is 0.714. The number of rotatable bonds is 1. The summed E-state index contributed by atoms with van der Waals surface area (Å²) in [6.45, 7) is -0.512. The van der Waals surface area contributed by atoms with Gasteiger partial charge < -0.3 is 14.9 Å². The smallest absolute Gasteiger partial charge is 0.216 e. The van der Waals surface area contributed by atoms with Gasteiger partial charge in [0, 0.05) is 0 Å². The predicted octanol–water partition coefficient (Wildman–Crippen LogP) is -1.43. The summed E-state index contributed by atoms with van der Waals surface area (Å²) in [4.78, 5) is 0. The van der Waals surface area contributed by atoms with Crippen LogP contribution in [0.4, 0.5) is 4.39 Å². The molecule has 0 aromatic heterocycles. The predicted molar refractivity (Wildman–Crippen MR) is 40.2 cm³/mol. The number of ether oxygens (including phenoxy) is 1. The molecule has 5 heteroatoms. The Morgan fingerprint density at radius 1 is 1.75 bits per heavy atom. The molecule has 3 nitrogen and oxygen atoms in total. The maximum absolute atomic E-state index is 13.4. The molecule has 1 unspecified atom stereocenters. The lowest BCUT2D eigenvalue weighted by Gasteiger charge is -2.19. The third-order valence-electron chi connectivity index (χ3n) is 1.92. The highest BCUT2D eigenvalue weighted by Crippen LogP contribution is 2.32. The van der Waals surface area contributed by atoms with Crippen molar-refractivity contribution in [2.24, 2.45) is 0 Å². The first-order chi connectivity index (χ1) is 5.56. The number of alkyl halides is 1. The Bertz CT molecular complexity index is 217. The zero-order valence-electron chi connectivity index (χ0n) is 6.27. The van der Waals surface area contributed by atoms with Crippen LogP contribution in [0.3, 0.4) is 0 Å². The minimum atomic E-state index is -2.40. The van der Waals surface area contributed by atoms with Crippen molar-refractivity contribution in [2.45, 2.75) is 23.9 Å². The summed E-state index contributed by atoms with van der Waals surface area (Å²) in [5.41, 5.74) is -2.40. The zero-order valence-corrected chi connectivity index (χ0v) is 6.27. The van der Waals surface area contributed by atoms with E-state index < -0.39 is 30.5 Å². The third kappa shape index (κ3) is 1.12. The molecule has 1 fully saturated rings. The minimum absolute atomic E-state index is 0.512. The van der Waals surface area contributed by atoms with Crippen molar-refractivity contribution in [1.29, 1.82) is 0 Å². The van der Waals surface area contributed by atoms with E-state index in [0.717, 1.165) is 0 Å². The summed E-state index contributed by atoms with van der Waals surface area (Å²) in [5, 5.41) is 17.8. The largest absolute Gasteiger partial charge is 0.394 e. The topological polar surface area (TPSA) is 49.7 Å². The molecule has 1 saturated heterocycles. The van der Waals surface area contributed by atoms with Gasteiger partial charge in [-0.05, 0) is 0 Å². The number of hydrogen-bond acceptors (Lipinski definition) is 3. The maximum Gasteiger partial charge on any atom is 0.216 e. The van der Waals surface area contributed by atoms with Gasteiger partial charge in [-0.25, -0.2) is 4.39 Å². The Kier molecular flexibility index (Phi) is 2.42. The van der Waals surface area contributed by atoms with Gasteiger partial charge in [-0.1, -0.05) is 5.92 Å². The van der Waals surface area contributed by atoms with Crippen LogP contribution in [0, 0.1) is 12.3 Å². The number of halogens is 1. The van der Waals surface area contributed by atoms with Gasteiger partial charge in [-0.15, -0.1) is 6.42 Å². The van der Waals surface area contributed by atoms with Crippen LogP contribution in [0.25, 0.3) is 0 Å². The molecule has 0 saturated carbocycles. The van der Waals surface area contributed by atoms with Crippen molar-refractivity contribution >= 4 is 7.85 Å². The van der Waals surface area contributed by atoms with Gasteiger partial charge in [0.25, 0.3) is 0 Å². The second-order valence-corrected chi connectivity index (χ2v) is 2.63. The van der Waals surface area contributed by atoms with Gasteiger partial charge >= 0.3 is 0 Å². The first kappa shape index (κ1) is 9.52. The Hall–Kier alpha value is -0.565. The fourth-order valence-corrected chi connectivity index (χ4v) is 1.11. The highest BCUT2D eigenvalue weighted by molar-refractivity contribution is 6.12. The van der Waals surface area contributed by atoms with Crippen LogP contribution in [-0.2, 0) is 4.74 Å². The van der Waals surface area contributed by atoms with E-state index in [1.165, 1.54) is 0 Å². The lowest BCUT2D eigenvalue weighted by atomic mass is 9.82. The molecule has 1 aliphatic heterocycles. The van der Waals surface area contributed by atoms with Gasteiger partial charge in [0.1, 0.15) is 20.1 Å². The molecule has 0 spiro atoms. The van der Waals surface area contributed by atoms with Crippen LogP contribution in [0.5, 0.6) is 0 Å². The quantitative estimate of drug-likeness (QED) is 0.374. The van der Waals surface area contributed by atoms with Gasteiger partial charge in [0.2, 0.25) is 5.67 Å². The Labute approximate surface area is 70.9 Å². The third-order valence-corrected chi connectivity index (χ3v) is 1.92. The summed E-state index contributed by atoms with van der Waals surface area (Å²) in [6.07, 6.45) is 2.23. The molecular formula is C7H8BFO3. The molecule has 1 heterocycles. The van der Waals surface area contributed by atoms with Crippen LogP contribution in [0.2, 0.25) is 0 Å².